The van der Waals surface area contributed by atoms with Crippen LogP contribution in [0.3, 0.4) is 0 Å². The van der Waals surface area contributed by atoms with Gasteiger partial charge in [-0.1, -0.05) is 13.0 Å². The molecule has 1 unspecified atom stereocenters. The average Bonchev–Trinajstić information content (AvgIpc) is 2.50. The number of guanidine groups is 1. The van der Waals surface area contributed by atoms with Gasteiger partial charge in [0, 0.05) is 32.2 Å². The molecule has 1 heterocycles. The second kappa shape index (κ2) is 9.95. The van der Waals surface area contributed by atoms with Gasteiger partial charge in [0.15, 0.2) is 5.96 Å². The molecule has 0 aromatic heterocycles. The Morgan fingerprint density at radius 1 is 1.46 bits per heavy atom. The molecule has 1 aromatic carbocycles. The van der Waals surface area contributed by atoms with Crippen molar-refractivity contribution in [3.05, 3.63) is 29.6 Å². The van der Waals surface area contributed by atoms with Crippen molar-refractivity contribution in [1.82, 2.24) is 10.2 Å². The smallest absolute Gasteiger partial charge is 0.387 e. The molecule has 1 aromatic rings. The van der Waals surface area contributed by atoms with Gasteiger partial charge >= 0.3 is 6.61 Å². The topological polar surface area (TPSA) is 36.9 Å². The molecule has 24 heavy (non-hydrogen) atoms. The first-order valence-electron chi connectivity index (χ1n) is 7.69. The maximum absolute atomic E-state index is 13.9. The van der Waals surface area contributed by atoms with Gasteiger partial charge in [-0.25, -0.2) is 4.39 Å². The number of nitrogens with zero attached hydrogens (tertiary/aromatic N) is 2. The number of halogens is 4. The lowest BCUT2D eigenvalue weighted by molar-refractivity contribution is -0.0506. The first kappa shape index (κ1) is 20.9. The van der Waals surface area contributed by atoms with Crippen LogP contribution in [0.2, 0.25) is 0 Å². The standard InChI is InChI=1S/C16H22F3N3O.HI/c1-11-5-4-8-22(10-11)16(20-2)21-9-12-13(17)6-3-7-14(12)23-15(18)19;/h3,6-7,11,15H,4-5,8-10H2,1-2H3,(H,20,21);1H. The zero-order valence-corrected chi connectivity index (χ0v) is 16.1. The molecule has 1 atom stereocenters. The van der Waals surface area contributed by atoms with Gasteiger partial charge in [-0.3, -0.25) is 4.99 Å². The molecule has 1 fully saturated rings. The summed E-state index contributed by atoms with van der Waals surface area (Å²) in [5.41, 5.74) is 0.0685. The Morgan fingerprint density at radius 2 is 2.21 bits per heavy atom. The highest BCUT2D eigenvalue weighted by molar-refractivity contribution is 14.0. The van der Waals surface area contributed by atoms with Crippen molar-refractivity contribution in [2.24, 2.45) is 10.9 Å². The monoisotopic (exact) mass is 457 g/mol. The van der Waals surface area contributed by atoms with E-state index in [-0.39, 0.29) is 41.8 Å². The molecule has 0 aliphatic carbocycles. The summed E-state index contributed by atoms with van der Waals surface area (Å²) in [5.74, 6) is 0.462. The molecule has 0 radical (unpaired) electrons. The van der Waals surface area contributed by atoms with Crippen molar-refractivity contribution >= 4 is 29.9 Å². The Hall–Kier alpha value is -1.19. The molecular weight excluding hydrogens is 434 g/mol. The Morgan fingerprint density at radius 3 is 2.83 bits per heavy atom. The molecule has 1 N–H and O–H groups in total. The summed E-state index contributed by atoms with van der Waals surface area (Å²) in [6.45, 7) is 0.966. The first-order valence-corrected chi connectivity index (χ1v) is 7.69. The summed E-state index contributed by atoms with van der Waals surface area (Å²) < 4.78 is 43.2. The number of alkyl halides is 2. The number of aliphatic imine (C=N–C) groups is 1. The second-order valence-corrected chi connectivity index (χ2v) is 5.69. The summed E-state index contributed by atoms with van der Waals surface area (Å²) in [4.78, 5) is 6.30. The minimum Gasteiger partial charge on any atom is -0.434 e. The Labute approximate surface area is 157 Å². The van der Waals surface area contributed by atoms with Crippen molar-refractivity contribution in [1.29, 1.82) is 0 Å². The van der Waals surface area contributed by atoms with Crippen LogP contribution in [-0.2, 0) is 6.54 Å². The van der Waals surface area contributed by atoms with E-state index in [1.165, 1.54) is 24.6 Å². The molecule has 1 aliphatic rings. The SMILES string of the molecule is CN=C(NCc1c(F)cccc1OC(F)F)N1CCCC(C)C1.I. The molecule has 0 amide bonds. The number of ether oxygens (including phenoxy) is 1. The quantitative estimate of drug-likeness (QED) is 0.424. The van der Waals surface area contributed by atoms with Crippen molar-refractivity contribution in [2.45, 2.75) is 32.9 Å². The number of hydrogen-bond donors (Lipinski definition) is 1. The van der Waals surface area contributed by atoms with Crippen molar-refractivity contribution in [2.75, 3.05) is 20.1 Å². The van der Waals surface area contributed by atoms with E-state index in [1.54, 1.807) is 7.05 Å². The van der Waals surface area contributed by atoms with Gasteiger partial charge in [-0.2, -0.15) is 8.78 Å². The van der Waals surface area contributed by atoms with E-state index in [1.807, 2.05) is 0 Å². The summed E-state index contributed by atoms with van der Waals surface area (Å²) >= 11 is 0. The summed E-state index contributed by atoms with van der Waals surface area (Å²) in [5, 5.41) is 3.04. The molecule has 0 spiro atoms. The average molecular weight is 457 g/mol. The molecule has 2 rings (SSSR count). The molecule has 8 heteroatoms. The molecular formula is C16H23F3IN3O. The van der Waals surface area contributed by atoms with Gasteiger partial charge in [-0.05, 0) is 30.9 Å². The third-order valence-electron chi connectivity index (χ3n) is 3.88. The van der Waals surface area contributed by atoms with Crippen LogP contribution in [-0.4, -0.2) is 37.6 Å². The molecule has 4 nitrogen and oxygen atoms in total. The molecule has 0 bridgehead atoms. The van der Waals surface area contributed by atoms with Crippen LogP contribution >= 0.6 is 24.0 Å². The van der Waals surface area contributed by atoms with Crippen LogP contribution in [0.25, 0.3) is 0 Å². The minimum absolute atomic E-state index is 0. The summed E-state index contributed by atoms with van der Waals surface area (Å²) in [6.07, 6.45) is 2.24. The van der Waals surface area contributed by atoms with Crippen molar-refractivity contribution in [3.8, 4) is 5.75 Å². The van der Waals surface area contributed by atoms with Crippen LogP contribution in [0.5, 0.6) is 5.75 Å². The van der Waals surface area contributed by atoms with E-state index < -0.39 is 12.4 Å². The Kier molecular flexibility index (Phi) is 8.65. The lowest BCUT2D eigenvalue weighted by Gasteiger charge is -2.33. The fourth-order valence-corrected chi connectivity index (χ4v) is 2.80. The van der Waals surface area contributed by atoms with E-state index in [2.05, 4.69) is 26.9 Å². The lowest BCUT2D eigenvalue weighted by atomic mass is 10.0. The van der Waals surface area contributed by atoms with Crippen LogP contribution in [0.1, 0.15) is 25.3 Å². The van der Waals surface area contributed by atoms with Crippen LogP contribution < -0.4 is 10.1 Å². The summed E-state index contributed by atoms with van der Waals surface area (Å²) in [7, 11) is 1.65. The predicted molar refractivity (Wildman–Crippen MR) is 98.6 cm³/mol. The van der Waals surface area contributed by atoms with Gasteiger partial charge in [0.05, 0.1) is 0 Å². The zero-order valence-electron chi connectivity index (χ0n) is 13.8. The van der Waals surface area contributed by atoms with Gasteiger partial charge in [0.1, 0.15) is 11.6 Å². The van der Waals surface area contributed by atoms with Crippen molar-refractivity contribution in [3.63, 3.8) is 0 Å². The molecule has 1 aliphatic heterocycles. The maximum atomic E-state index is 13.9. The molecule has 0 saturated carbocycles. The largest absolute Gasteiger partial charge is 0.434 e. The number of piperidine rings is 1. The van der Waals surface area contributed by atoms with E-state index in [4.69, 9.17) is 0 Å². The number of hydrogen-bond acceptors (Lipinski definition) is 2. The minimum atomic E-state index is -2.99. The van der Waals surface area contributed by atoms with Crippen molar-refractivity contribution < 1.29 is 17.9 Å². The van der Waals surface area contributed by atoms with E-state index >= 15 is 0 Å². The van der Waals surface area contributed by atoms with Crippen LogP contribution in [0.4, 0.5) is 13.2 Å². The fraction of sp³-hybridized carbons (Fsp3) is 0.562. The number of nitrogens with one attached hydrogen (secondary N) is 1. The van der Waals surface area contributed by atoms with E-state index in [0.29, 0.717) is 11.9 Å². The van der Waals surface area contributed by atoms with Gasteiger partial charge in [0.25, 0.3) is 0 Å². The normalized spacial score (nSPS) is 18.3. The molecule has 1 saturated heterocycles. The third kappa shape index (κ3) is 5.71. The number of benzene rings is 1. The third-order valence-corrected chi connectivity index (χ3v) is 3.88. The highest BCUT2D eigenvalue weighted by atomic mass is 127. The maximum Gasteiger partial charge on any atom is 0.387 e. The van der Waals surface area contributed by atoms with Crippen LogP contribution in [0.15, 0.2) is 23.2 Å². The fourth-order valence-electron chi connectivity index (χ4n) is 2.80. The molecule has 136 valence electrons. The Bertz CT molecular complexity index is 557. The highest BCUT2D eigenvalue weighted by Crippen LogP contribution is 2.23. The predicted octanol–water partition coefficient (Wildman–Crippen LogP) is 3.85. The van der Waals surface area contributed by atoms with Crippen LogP contribution in [0, 0.1) is 11.7 Å². The highest BCUT2D eigenvalue weighted by Gasteiger charge is 2.20. The van der Waals surface area contributed by atoms with Gasteiger partial charge in [-0.15, -0.1) is 24.0 Å². The zero-order chi connectivity index (χ0) is 16.8. The number of likely N-dealkylation sites (tertiary alicyclic amines) is 1. The summed E-state index contributed by atoms with van der Waals surface area (Å²) in [6, 6.07) is 3.90. The number of rotatable bonds is 4. The van der Waals surface area contributed by atoms with E-state index in [9.17, 15) is 13.2 Å². The Balaban J connectivity index is 0.00000288. The van der Waals surface area contributed by atoms with Gasteiger partial charge in [0.2, 0.25) is 0 Å². The van der Waals surface area contributed by atoms with Gasteiger partial charge < -0.3 is 15.0 Å². The first-order chi connectivity index (χ1) is 11.0. The lowest BCUT2D eigenvalue weighted by Crippen LogP contribution is -2.46. The second-order valence-electron chi connectivity index (χ2n) is 5.69. The van der Waals surface area contributed by atoms with E-state index in [0.717, 1.165) is 19.5 Å².